The second kappa shape index (κ2) is 7.81. The van der Waals surface area contributed by atoms with Gasteiger partial charge in [0.05, 0.1) is 12.2 Å². The highest BCUT2D eigenvalue weighted by atomic mass is 16.5. The Kier molecular flexibility index (Phi) is 6.05. The molecule has 0 radical (unpaired) electrons. The molecule has 2 fully saturated rings. The second-order valence-electron chi connectivity index (χ2n) is 10.3. The summed E-state index contributed by atoms with van der Waals surface area (Å²) in [6, 6.07) is 0. The van der Waals surface area contributed by atoms with Crippen LogP contribution in [0, 0.1) is 40.4 Å². The summed E-state index contributed by atoms with van der Waals surface area (Å²) in [6.45, 7) is 10.9. The number of aliphatic hydroxyl groups is 1. The lowest BCUT2D eigenvalue weighted by molar-refractivity contribution is -0.174. The van der Waals surface area contributed by atoms with Gasteiger partial charge in [0.1, 0.15) is 11.7 Å². The first-order valence-electron chi connectivity index (χ1n) is 11.3. The number of carboxylic acid groups (broad SMARTS) is 1. The van der Waals surface area contributed by atoms with Gasteiger partial charge in [0.15, 0.2) is 0 Å². The third-order valence-electron chi connectivity index (χ3n) is 8.65. The van der Waals surface area contributed by atoms with Crippen molar-refractivity contribution in [1.82, 2.24) is 0 Å². The van der Waals surface area contributed by atoms with Gasteiger partial charge in [0.25, 0.3) is 0 Å². The van der Waals surface area contributed by atoms with Crippen LogP contribution in [0.15, 0.2) is 11.6 Å². The fraction of sp³-hybridized carbons (Fsp3) is 0.833. The molecule has 0 aliphatic heterocycles. The highest BCUT2D eigenvalue weighted by Crippen LogP contribution is 2.70. The summed E-state index contributed by atoms with van der Waals surface area (Å²) < 4.78 is 5.80. The molecule has 3 aliphatic rings. The van der Waals surface area contributed by atoms with Crippen molar-refractivity contribution in [3.05, 3.63) is 11.6 Å². The number of rotatable bonds is 8. The van der Waals surface area contributed by atoms with Crippen LogP contribution in [0.1, 0.15) is 66.7 Å². The van der Waals surface area contributed by atoms with Crippen molar-refractivity contribution in [3.63, 3.8) is 0 Å². The number of carbonyl (C=O) groups excluding carboxylic acids is 1. The molecular weight excluding hydrogens is 368 g/mol. The van der Waals surface area contributed by atoms with Crippen molar-refractivity contribution in [2.75, 3.05) is 13.2 Å². The van der Waals surface area contributed by atoms with Gasteiger partial charge < -0.3 is 19.7 Å². The van der Waals surface area contributed by atoms with Gasteiger partial charge in [-0.15, -0.1) is 0 Å². The predicted octanol–water partition coefficient (Wildman–Crippen LogP) is 4.09. The molecule has 3 aliphatic carbocycles. The van der Waals surface area contributed by atoms with Crippen molar-refractivity contribution in [1.29, 1.82) is 0 Å². The number of carboxylic acids is 1. The summed E-state index contributed by atoms with van der Waals surface area (Å²) in [5, 5.41) is 22.0. The van der Waals surface area contributed by atoms with Crippen LogP contribution >= 0.6 is 0 Å². The molecular formula is C24H38O5. The Morgan fingerprint density at radius 3 is 2.66 bits per heavy atom. The third-order valence-corrected chi connectivity index (χ3v) is 8.65. The maximum absolute atomic E-state index is 12.8. The van der Waals surface area contributed by atoms with Crippen molar-refractivity contribution in [3.8, 4) is 0 Å². The van der Waals surface area contributed by atoms with Gasteiger partial charge in [-0.2, -0.15) is 0 Å². The standard InChI is InChI=1S/C24H38O5/c1-6-7-10-29-14-23(28)12-20-18(16(23)4)11-17-8-9-19(15(2)3)24(17,21(26)27)22(20,5)13-25/h9,13,15-18,20,28H,6-8,10-12,14H2,1-5H3,(H,26,27)/t16?,17-,18?,20?,22+,23?,24+/m1/s1. The summed E-state index contributed by atoms with van der Waals surface area (Å²) in [7, 11) is 0. The number of unbranched alkanes of at least 4 members (excludes halogenated alkanes) is 1. The molecule has 0 aromatic rings. The quantitative estimate of drug-likeness (QED) is 0.360. The molecule has 3 rings (SSSR count). The largest absolute Gasteiger partial charge is 0.481 e. The van der Waals surface area contributed by atoms with E-state index in [0.717, 1.165) is 31.1 Å². The summed E-state index contributed by atoms with van der Waals surface area (Å²) in [5.41, 5.74) is -2.32. The van der Waals surface area contributed by atoms with E-state index < -0.39 is 22.4 Å². The van der Waals surface area contributed by atoms with E-state index in [1.165, 1.54) is 0 Å². The van der Waals surface area contributed by atoms with E-state index in [-0.39, 0.29) is 36.2 Å². The van der Waals surface area contributed by atoms with E-state index in [0.29, 0.717) is 19.4 Å². The van der Waals surface area contributed by atoms with Crippen LogP contribution in [0.2, 0.25) is 0 Å². The summed E-state index contributed by atoms with van der Waals surface area (Å²) in [6.07, 6.45) is 6.84. The average Bonchev–Trinajstić information content (AvgIpc) is 3.18. The Bertz CT molecular complexity index is 685. The van der Waals surface area contributed by atoms with Crippen molar-refractivity contribution in [2.45, 2.75) is 72.3 Å². The van der Waals surface area contributed by atoms with Crippen molar-refractivity contribution < 1.29 is 24.5 Å². The number of aliphatic carboxylic acids is 1. The maximum Gasteiger partial charge on any atom is 0.315 e. The average molecular weight is 407 g/mol. The molecule has 2 saturated carbocycles. The van der Waals surface area contributed by atoms with Gasteiger partial charge >= 0.3 is 5.97 Å². The van der Waals surface area contributed by atoms with Crippen LogP contribution in [0.25, 0.3) is 0 Å². The number of hydrogen-bond acceptors (Lipinski definition) is 4. The number of fused-ring (bicyclic) bond motifs is 2. The molecule has 29 heavy (non-hydrogen) atoms. The van der Waals surface area contributed by atoms with E-state index in [4.69, 9.17) is 4.74 Å². The van der Waals surface area contributed by atoms with E-state index in [1.54, 1.807) is 0 Å². The topological polar surface area (TPSA) is 83.8 Å². The molecule has 0 spiro atoms. The van der Waals surface area contributed by atoms with Gasteiger partial charge in [-0.1, -0.05) is 52.7 Å². The summed E-state index contributed by atoms with van der Waals surface area (Å²) in [5.74, 6) is -0.968. The van der Waals surface area contributed by atoms with Crippen molar-refractivity contribution in [2.24, 2.45) is 40.4 Å². The minimum absolute atomic E-state index is 0.0247. The first-order chi connectivity index (χ1) is 13.6. The third kappa shape index (κ3) is 3.03. The predicted molar refractivity (Wildman–Crippen MR) is 111 cm³/mol. The van der Waals surface area contributed by atoms with Gasteiger partial charge in [-0.3, -0.25) is 4.79 Å². The Morgan fingerprint density at radius 2 is 2.10 bits per heavy atom. The molecule has 0 bridgehead atoms. The summed E-state index contributed by atoms with van der Waals surface area (Å²) >= 11 is 0. The lowest BCUT2D eigenvalue weighted by Gasteiger charge is -2.56. The van der Waals surface area contributed by atoms with Crippen molar-refractivity contribution >= 4 is 12.3 Å². The number of allylic oxidation sites excluding steroid dienone is 1. The zero-order valence-electron chi connectivity index (χ0n) is 18.6. The minimum atomic E-state index is -1.17. The normalized spacial score (nSPS) is 43.8. The van der Waals surface area contributed by atoms with E-state index in [1.807, 2.05) is 20.8 Å². The van der Waals surface area contributed by atoms with Gasteiger partial charge in [-0.05, 0) is 55.3 Å². The van der Waals surface area contributed by atoms with Crippen LogP contribution in [-0.2, 0) is 14.3 Å². The zero-order valence-corrected chi connectivity index (χ0v) is 18.6. The molecule has 4 unspecified atom stereocenters. The highest BCUT2D eigenvalue weighted by Gasteiger charge is 2.72. The molecule has 0 aromatic carbocycles. The molecule has 0 amide bonds. The van der Waals surface area contributed by atoms with E-state index >= 15 is 0 Å². The monoisotopic (exact) mass is 406 g/mol. The first kappa shape index (κ1) is 22.5. The number of carbonyl (C=O) groups is 2. The lowest BCUT2D eigenvalue weighted by atomic mass is 9.45. The SMILES string of the molecule is CCCCOCC1(O)CC2C(C[C@H]3CC=C(C(C)C)[C@@]3(C(=O)O)[C@@]2(C)C=O)C1C. The second-order valence-corrected chi connectivity index (χ2v) is 10.3. The summed E-state index contributed by atoms with van der Waals surface area (Å²) in [4.78, 5) is 25.5. The minimum Gasteiger partial charge on any atom is -0.481 e. The number of hydrogen-bond donors (Lipinski definition) is 2. The smallest absolute Gasteiger partial charge is 0.315 e. The van der Waals surface area contributed by atoms with E-state index in [2.05, 4.69) is 19.9 Å². The molecule has 0 heterocycles. The Labute approximate surface area is 174 Å². The molecule has 0 saturated heterocycles. The van der Waals surface area contributed by atoms with Gasteiger partial charge in [0.2, 0.25) is 0 Å². The molecule has 0 aromatic heterocycles. The fourth-order valence-electron chi connectivity index (χ4n) is 7.06. The Hall–Kier alpha value is -1.20. The Balaban J connectivity index is 2.00. The maximum atomic E-state index is 12.8. The van der Waals surface area contributed by atoms with Crippen LogP contribution in [0.5, 0.6) is 0 Å². The highest BCUT2D eigenvalue weighted by molar-refractivity contribution is 5.87. The van der Waals surface area contributed by atoms with Gasteiger partial charge in [-0.25, -0.2) is 0 Å². The molecule has 164 valence electrons. The van der Waals surface area contributed by atoms with E-state index in [9.17, 15) is 19.8 Å². The molecule has 5 heteroatoms. The zero-order chi connectivity index (χ0) is 21.6. The fourth-order valence-corrected chi connectivity index (χ4v) is 7.06. The number of ether oxygens (including phenoxy) is 1. The van der Waals surface area contributed by atoms with Crippen LogP contribution in [-0.4, -0.2) is 41.3 Å². The van der Waals surface area contributed by atoms with Crippen LogP contribution in [0.4, 0.5) is 0 Å². The van der Waals surface area contributed by atoms with Crippen LogP contribution < -0.4 is 0 Å². The van der Waals surface area contributed by atoms with Gasteiger partial charge in [0, 0.05) is 12.0 Å². The first-order valence-corrected chi connectivity index (χ1v) is 11.3. The molecule has 5 nitrogen and oxygen atoms in total. The van der Waals surface area contributed by atoms with Crippen LogP contribution in [0.3, 0.4) is 0 Å². The molecule has 7 atom stereocenters. The Morgan fingerprint density at radius 1 is 1.41 bits per heavy atom. The number of aldehydes is 1. The molecule has 2 N–H and O–H groups in total. The lowest BCUT2D eigenvalue weighted by Crippen LogP contribution is -2.60.